The molecule has 0 radical (unpaired) electrons. The molecule has 1 aromatic rings. The van der Waals surface area contributed by atoms with E-state index < -0.39 is 6.10 Å². The monoisotopic (exact) mass is 294 g/mol. The van der Waals surface area contributed by atoms with Gasteiger partial charge in [-0.15, -0.1) is 0 Å². The van der Waals surface area contributed by atoms with Crippen molar-refractivity contribution in [3.05, 3.63) is 29.8 Å². The molecule has 0 heterocycles. The molecule has 0 saturated heterocycles. The predicted molar refractivity (Wildman–Crippen MR) is 84.1 cm³/mol. The van der Waals surface area contributed by atoms with Crippen molar-refractivity contribution < 1.29 is 9.84 Å². The first-order chi connectivity index (χ1) is 9.61. The third-order valence-electron chi connectivity index (χ3n) is 3.50. The molecule has 110 valence electrons. The normalized spacial score (nSPS) is 16.1. The van der Waals surface area contributed by atoms with Gasteiger partial charge in [-0.2, -0.15) is 0 Å². The Hall–Kier alpha value is -1.17. The molecule has 1 aliphatic rings. The number of hydrogen-bond donors (Lipinski definition) is 2. The summed E-state index contributed by atoms with van der Waals surface area (Å²) >= 11 is 4.99. The largest absolute Gasteiger partial charge is 0.490 e. The van der Waals surface area contributed by atoms with Gasteiger partial charge in [0.1, 0.15) is 23.4 Å². The molecule has 0 spiro atoms. The molecule has 0 amide bonds. The molecule has 20 heavy (non-hydrogen) atoms. The number of para-hydroxylation sites is 1. The molecule has 0 aromatic heterocycles. The Balaban J connectivity index is 1.86. The second-order valence-corrected chi connectivity index (χ2v) is 5.58. The summed E-state index contributed by atoms with van der Waals surface area (Å²) in [5.41, 5.74) is 6.36. The first kappa shape index (κ1) is 15.2. The van der Waals surface area contributed by atoms with Crippen LogP contribution in [0.4, 0.5) is 0 Å². The maximum Gasteiger partial charge on any atom is 0.129 e. The minimum Gasteiger partial charge on any atom is -0.490 e. The molecule has 1 atom stereocenters. The van der Waals surface area contributed by atoms with Crippen LogP contribution < -0.4 is 10.5 Å². The fourth-order valence-corrected chi connectivity index (χ4v) is 2.45. The third-order valence-corrected chi connectivity index (χ3v) is 3.72. The Kier molecular flexibility index (Phi) is 5.34. The number of benzene rings is 1. The lowest BCUT2D eigenvalue weighted by atomic mass is 10.2. The number of likely N-dealkylation sites (N-methyl/N-ethyl adjacent to an activating group) is 1. The zero-order chi connectivity index (χ0) is 14.5. The van der Waals surface area contributed by atoms with E-state index in [2.05, 4.69) is 11.8 Å². The van der Waals surface area contributed by atoms with E-state index in [4.69, 9.17) is 22.7 Å². The second-order valence-electron chi connectivity index (χ2n) is 5.14. The van der Waals surface area contributed by atoms with Crippen molar-refractivity contribution in [1.82, 2.24) is 4.90 Å². The summed E-state index contributed by atoms with van der Waals surface area (Å²) in [6.07, 6.45) is 1.98. The fourth-order valence-electron chi connectivity index (χ4n) is 2.28. The molecule has 2 rings (SSSR count). The van der Waals surface area contributed by atoms with Gasteiger partial charge in [-0.25, -0.2) is 0 Å². The van der Waals surface area contributed by atoms with Crippen molar-refractivity contribution >= 4 is 17.2 Å². The number of ether oxygens (including phenoxy) is 1. The minimum atomic E-state index is -0.505. The quantitative estimate of drug-likeness (QED) is 0.712. The molecule has 1 aromatic carbocycles. The van der Waals surface area contributed by atoms with E-state index in [1.807, 2.05) is 24.3 Å². The molecule has 3 N–H and O–H groups in total. The highest BCUT2D eigenvalue weighted by Gasteiger charge is 2.29. The van der Waals surface area contributed by atoms with Gasteiger partial charge in [0.15, 0.2) is 0 Å². The van der Waals surface area contributed by atoms with Crippen molar-refractivity contribution in [3.63, 3.8) is 0 Å². The molecular weight excluding hydrogens is 272 g/mol. The molecule has 4 nitrogen and oxygen atoms in total. The van der Waals surface area contributed by atoms with Gasteiger partial charge < -0.3 is 15.6 Å². The van der Waals surface area contributed by atoms with E-state index >= 15 is 0 Å². The lowest BCUT2D eigenvalue weighted by Crippen LogP contribution is -2.37. The Morgan fingerprint density at radius 1 is 1.50 bits per heavy atom. The number of hydrogen-bond acceptors (Lipinski definition) is 4. The van der Waals surface area contributed by atoms with Crippen molar-refractivity contribution in [2.24, 2.45) is 5.73 Å². The Morgan fingerprint density at radius 2 is 2.20 bits per heavy atom. The lowest BCUT2D eigenvalue weighted by Gasteiger charge is -2.23. The Labute approximate surface area is 125 Å². The van der Waals surface area contributed by atoms with Crippen LogP contribution in [0.15, 0.2) is 24.3 Å². The molecule has 1 fully saturated rings. The fraction of sp³-hybridized carbons (Fsp3) is 0.533. The number of aliphatic hydroxyl groups is 1. The van der Waals surface area contributed by atoms with Gasteiger partial charge in [-0.1, -0.05) is 31.3 Å². The number of rotatable bonds is 8. The molecule has 0 bridgehead atoms. The van der Waals surface area contributed by atoms with Crippen LogP contribution in [0.1, 0.15) is 25.3 Å². The Bertz CT molecular complexity index is 463. The summed E-state index contributed by atoms with van der Waals surface area (Å²) in [5.74, 6) is 0.633. The van der Waals surface area contributed by atoms with Crippen molar-refractivity contribution in [2.45, 2.75) is 31.9 Å². The summed E-state index contributed by atoms with van der Waals surface area (Å²) in [5, 5.41) is 10.1. The zero-order valence-corrected chi connectivity index (χ0v) is 12.6. The summed E-state index contributed by atoms with van der Waals surface area (Å²) in [6.45, 7) is 3.98. The molecule has 1 unspecified atom stereocenters. The van der Waals surface area contributed by atoms with Crippen LogP contribution in [-0.2, 0) is 0 Å². The van der Waals surface area contributed by atoms with Gasteiger partial charge in [0.2, 0.25) is 0 Å². The van der Waals surface area contributed by atoms with Crippen LogP contribution in [0.2, 0.25) is 0 Å². The highest BCUT2D eigenvalue weighted by molar-refractivity contribution is 7.80. The number of thiocarbonyl (C=S) groups is 1. The topological polar surface area (TPSA) is 58.7 Å². The average molecular weight is 294 g/mol. The standard InChI is InChI=1S/C15H22N2O2S/c1-2-17(11-7-8-11)9-12(18)10-19-14-6-4-3-5-13(14)15(16)20/h3-6,11-12,18H,2,7-10H2,1H3,(H2,16,20). The predicted octanol–water partition coefficient (Wildman–Crippen LogP) is 1.54. The highest BCUT2D eigenvalue weighted by Crippen LogP contribution is 2.26. The van der Waals surface area contributed by atoms with E-state index in [1.54, 1.807) is 0 Å². The third kappa shape index (κ3) is 4.16. The molecule has 1 aliphatic carbocycles. The summed E-state index contributed by atoms with van der Waals surface area (Å²) in [7, 11) is 0. The van der Waals surface area contributed by atoms with Crippen molar-refractivity contribution in [1.29, 1.82) is 0 Å². The van der Waals surface area contributed by atoms with E-state index in [1.165, 1.54) is 12.8 Å². The summed E-state index contributed by atoms with van der Waals surface area (Å²) in [4.78, 5) is 2.61. The van der Waals surface area contributed by atoms with Gasteiger partial charge in [-0.05, 0) is 31.5 Å². The Morgan fingerprint density at radius 3 is 2.80 bits per heavy atom. The second kappa shape index (κ2) is 7.02. The molecule has 5 heteroatoms. The maximum absolute atomic E-state index is 10.1. The zero-order valence-electron chi connectivity index (χ0n) is 11.8. The molecule has 0 aliphatic heterocycles. The van der Waals surface area contributed by atoms with Gasteiger partial charge >= 0.3 is 0 Å². The van der Waals surface area contributed by atoms with Gasteiger partial charge in [0.05, 0.1) is 5.56 Å². The van der Waals surface area contributed by atoms with E-state index in [9.17, 15) is 5.11 Å². The summed E-state index contributed by atoms with van der Waals surface area (Å²) < 4.78 is 5.66. The first-order valence-electron chi connectivity index (χ1n) is 7.05. The van der Waals surface area contributed by atoms with Crippen molar-refractivity contribution in [3.8, 4) is 5.75 Å². The van der Waals surface area contributed by atoms with Crippen LogP contribution in [-0.4, -0.2) is 46.8 Å². The van der Waals surface area contributed by atoms with E-state index in [-0.39, 0.29) is 6.61 Å². The number of aliphatic hydroxyl groups excluding tert-OH is 1. The summed E-state index contributed by atoms with van der Waals surface area (Å²) in [6, 6.07) is 8.03. The molecular formula is C15H22N2O2S. The lowest BCUT2D eigenvalue weighted by molar-refractivity contribution is 0.0672. The average Bonchev–Trinajstić information content (AvgIpc) is 3.27. The smallest absolute Gasteiger partial charge is 0.129 e. The van der Waals surface area contributed by atoms with E-state index in [0.29, 0.717) is 28.9 Å². The van der Waals surface area contributed by atoms with Gasteiger partial charge in [-0.3, -0.25) is 4.90 Å². The van der Waals surface area contributed by atoms with Gasteiger partial charge in [0.25, 0.3) is 0 Å². The van der Waals surface area contributed by atoms with Crippen LogP contribution in [0.3, 0.4) is 0 Å². The highest BCUT2D eigenvalue weighted by atomic mass is 32.1. The molecule has 1 saturated carbocycles. The number of nitrogens with two attached hydrogens (primary N) is 1. The van der Waals surface area contributed by atoms with Crippen LogP contribution in [0.5, 0.6) is 5.75 Å². The van der Waals surface area contributed by atoms with Crippen molar-refractivity contribution in [2.75, 3.05) is 19.7 Å². The van der Waals surface area contributed by atoms with E-state index in [0.717, 1.165) is 6.54 Å². The first-order valence-corrected chi connectivity index (χ1v) is 7.46. The van der Waals surface area contributed by atoms with Crippen LogP contribution in [0, 0.1) is 0 Å². The van der Waals surface area contributed by atoms with Crippen LogP contribution >= 0.6 is 12.2 Å². The maximum atomic E-state index is 10.1. The number of nitrogens with zero attached hydrogens (tertiary/aromatic N) is 1. The minimum absolute atomic E-state index is 0.253. The van der Waals surface area contributed by atoms with Gasteiger partial charge in [0, 0.05) is 12.6 Å². The van der Waals surface area contributed by atoms with Crippen LogP contribution in [0.25, 0.3) is 0 Å². The SMILES string of the molecule is CCN(CC(O)COc1ccccc1C(N)=S)C1CC1.